The van der Waals surface area contributed by atoms with Crippen molar-refractivity contribution in [3.8, 4) is 5.75 Å². The Morgan fingerprint density at radius 3 is 2.33 bits per heavy atom. The van der Waals surface area contributed by atoms with Crippen LogP contribution in [0.2, 0.25) is 0 Å². The predicted octanol–water partition coefficient (Wildman–Crippen LogP) is 4.53. The number of ether oxygens (including phenoxy) is 1. The van der Waals surface area contributed by atoms with Crippen LogP contribution in [0.15, 0.2) is 78.9 Å². The number of carboxylic acid groups (broad SMARTS) is 1. The van der Waals surface area contributed by atoms with E-state index in [-0.39, 0.29) is 12.0 Å². The van der Waals surface area contributed by atoms with Gasteiger partial charge < -0.3 is 20.1 Å². The third kappa shape index (κ3) is 4.02. The molecule has 5 nitrogen and oxygen atoms in total. The van der Waals surface area contributed by atoms with Crippen molar-refractivity contribution in [1.29, 1.82) is 0 Å². The third-order valence-electron chi connectivity index (χ3n) is 5.60. The number of nitrogens with one attached hydrogen (secondary N) is 1. The first-order chi connectivity index (χ1) is 14.5. The average molecular weight is 402 g/mol. The number of hydrogen-bond donors (Lipinski definition) is 2. The number of benzene rings is 3. The quantitative estimate of drug-likeness (QED) is 0.608. The number of hydrogen-bond acceptors (Lipinski definition) is 4. The number of aliphatic carboxylic acids is 1. The van der Waals surface area contributed by atoms with E-state index in [1.807, 2.05) is 80.8 Å². The summed E-state index contributed by atoms with van der Waals surface area (Å²) >= 11 is 0. The topological polar surface area (TPSA) is 61.8 Å². The van der Waals surface area contributed by atoms with Crippen LogP contribution in [-0.4, -0.2) is 36.1 Å². The van der Waals surface area contributed by atoms with Crippen molar-refractivity contribution in [2.45, 2.75) is 24.6 Å². The summed E-state index contributed by atoms with van der Waals surface area (Å²) in [6, 6.07) is 25.1. The first-order valence-electron chi connectivity index (χ1n) is 10.1. The number of anilines is 1. The van der Waals surface area contributed by atoms with E-state index < -0.39 is 12.0 Å². The van der Waals surface area contributed by atoms with Crippen molar-refractivity contribution in [3.63, 3.8) is 0 Å². The lowest BCUT2D eigenvalue weighted by molar-refractivity contribution is -0.138. The number of likely N-dealkylation sites (N-methyl/N-ethyl adjacent to an activating group) is 1. The molecule has 3 aromatic carbocycles. The van der Waals surface area contributed by atoms with Crippen LogP contribution in [0.4, 0.5) is 5.69 Å². The van der Waals surface area contributed by atoms with Crippen LogP contribution >= 0.6 is 0 Å². The van der Waals surface area contributed by atoms with Crippen LogP contribution in [0, 0.1) is 0 Å². The minimum Gasteiger partial charge on any atom is -0.489 e. The second-order valence-corrected chi connectivity index (χ2v) is 7.83. The van der Waals surface area contributed by atoms with Gasteiger partial charge in [0.05, 0.1) is 0 Å². The van der Waals surface area contributed by atoms with Gasteiger partial charge in [0.25, 0.3) is 0 Å². The molecule has 0 bridgehead atoms. The highest BCUT2D eigenvalue weighted by atomic mass is 16.5. The molecule has 0 radical (unpaired) electrons. The Bertz CT molecular complexity index is 1010. The molecule has 0 spiro atoms. The van der Waals surface area contributed by atoms with E-state index in [0.29, 0.717) is 6.61 Å². The summed E-state index contributed by atoms with van der Waals surface area (Å²) in [5.74, 6) is -0.373. The average Bonchev–Trinajstić information content (AvgIpc) is 3.13. The number of nitrogens with zero attached hydrogens (tertiary/aromatic N) is 1. The van der Waals surface area contributed by atoms with Gasteiger partial charge in [0.1, 0.15) is 18.4 Å². The molecule has 3 atom stereocenters. The maximum atomic E-state index is 12.1. The van der Waals surface area contributed by atoms with Gasteiger partial charge in [-0.2, -0.15) is 0 Å². The monoisotopic (exact) mass is 402 g/mol. The van der Waals surface area contributed by atoms with E-state index in [1.54, 1.807) is 0 Å². The molecule has 2 N–H and O–H groups in total. The van der Waals surface area contributed by atoms with Crippen LogP contribution in [0.5, 0.6) is 5.75 Å². The molecule has 0 fully saturated rings. The summed E-state index contributed by atoms with van der Waals surface area (Å²) in [7, 11) is 3.98. The van der Waals surface area contributed by atoms with Gasteiger partial charge in [-0.3, -0.25) is 0 Å². The SMILES string of the molecule is CN(C)C(c1ccccc1)C1c2cc(OCc3ccccc3)ccc2NC1C(=O)O. The van der Waals surface area contributed by atoms with E-state index in [9.17, 15) is 9.90 Å². The summed E-state index contributed by atoms with van der Waals surface area (Å²) in [5, 5.41) is 13.2. The first-order valence-corrected chi connectivity index (χ1v) is 10.1. The van der Waals surface area contributed by atoms with Crippen molar-refractivity contribution in [1.82, 2.24) is 4.90 Å². The molecule has 1 heterocycles. The molecule has 30 heavy (non-hydrogen) atoms. The van der Waals surface area contributed by atoms with Crippen molar-refractivity contribution in [2.75, 3.05) is 19.4 Å². The summed E-state index contributed by atoms with van der Waals surface area (Å²) < 4.78 is 6.02. The highest BCUT2D eigenvalue weighted by molar-refractivity contribution is 5.83. The molecule has 0 amide bonds. The Morgan fingerprint density at radius 2 is 1.70 bits per heavy atom. The molecule has 1 aliphatic rings. The minimum atomic E-state index is -0.856. The van der Waals surface area contributed by atoms with E-state index >= 15 is 0 Å². The minimum absolute atomic E-state index is 0.0922. The van der Waals surface area contributed by atoms with Gasteiger partial charge in [-0.25, -0.2) is 4.79 Å². The fourth-order valence-electron chi connectivity index (χ4n) is 4.26. The summed E-state index contributed by atoms with van der Waals surface area (Å²) in [4.78, 5) is 14.2. The largest absolute Gasteiger partial charge is 0.489 e. The second kappa shape index (κ2) is 8.59. The summed E-state index contributed by atoms with van der Waals surface area (Å²) in [6.45, 7) is 0.468. The first kappa shape index (κ1) is 20.0. The molecular formula is C25H26N2O3. The normalized spacial score (nSPS) is 18.5. The zero-order valence-electron chi connectivity index (χ0n) is 17.2. The Hall–Kier alpha value is -3.31. The van der Waals surface area contributed by atoms with Crippen LogP contribution in [0.25, 0.3) is 0 Å². The van der Waals surface area contributed by atoms with E-state index in [1.165, 1.54) is 0 Å². The van der Waals surface area contributed by atoms with Crippen molar-refractivity contribution in [2.24, 2.45) is 0 Å². The fourth-order valence-corrected chi connectivity index (χ4v) is 4.26. The van der Waals surface area contributed by atoms with Gasteiger partial charge in [-0.05, 0) is 49.0 Å². The smallest absolute Gasteiger partial charge is 0.326 e. The zero-order chi connectivity index (χ0) is 21.1. The lowest BCUT2D eigenvalue weighted by Crippen LogP contribution is -2.37. The standard InChI is InChI=1S/C25H26N2O3/c1-27(2)24(18-11-7-4-8-12-18)22-20-15-19(30-16-17-9-5-3-6-10-17)13-14-21(20)26-23(22)25(28)29/h3-15,22-24,26H,16H2,1-2H3,(H,28,29). The number of rotatable bonds is 7. The predicted molar refractivity (Wildman–Crippen MR) is 118 cm³/mol. The number of carboxylic acids is 1. The lowest BCUT2D eigenvalue weighted by Gasteiger charge is -2.33. The lowest BCUT2D eigenvalue weighted by atomic mass is 9.83. The van der Waals surface area contributed by atoms with Gasteiger partial charge in [0.2, 0.25) is 0 Å². The van der Waals surface area contributed by atoms with Gasteiger partial charge in [0.15, 0.2) is 0 Å². The Balaban J connectivity index is 1.68. The van der Waals surface area contributed by atoms with Gasteiger partial charge in [-0.15, -0.1) is 0 Å². The molecule has 0 saturated heterocycles. The summed E-state index contributed by atoms with van der Waals surface area (Å²) in [6.07, 6.45) is 0. The third-order valence-corrected chi connectivity index (χ3v) is 5.60. The molecular weight excluding hydrogens is 376 g/mol. The zero-order valence-corrected chi connectivity index (χ0v) is 17.2. The number of carbonyl (C=O) groups is 1. The molecule has 0 saturated carbocycles. The van der Waals surface area contributed by atoms with Crippen molar-refractivity contribution < 1.29 is 14.6 Å². The van der Waals surface area contributed by atoms with Gasteiger partial charge >= 0.3 is 5.97 Å². The maximum Gasteiger partial charge on any atom is 0.326 e. The van der Waals surface area contributed by atoms with Crippen LogP contribution in [0.3, 0.4) is 0 Å². The van der Waals surface area contributed by atoms with E-state index in [0.717, 1.165) is 28.1 Å². The molecule has 3 unspecified atom stereocenters. The molecule has 0 aromatic heterocycles. The Labute approximate surface area is 176 Å². The van der Waals surface area contributed by atoms with E-state index in [4.69, 9.17) is 4.74 Å². The Kier molecular flexibility index (Phi) is 5.72. The van der Waals surface area contributed by atoms with Crippen molar-refractivity contribution in [3.05, 3.63) is 95.6 Å². The van der Waals surface area contributed by atoms with Gasteiger partial charge in [-0.1, -0.05) is 60.7 Å². The maximum absolute atomic E-state index is 12.1. The number of fused-ring (bicyclic) bond motifs is 1. The molecule has 154 valence electrons. The fraction of sp³-hybridized carbons (Fsp3) is 0.240. The van der Waals surface area contributed by atoms with E-state index in [2.05, 4.69) is 22.3 Å². The highest BCUT2D eigenvalue weighted by Crippen LogP contribution is 2.46. The molecule has 4 rings (SSSR count). The molecule has 3 aromatic rings. The Morgan fingerprint density at radius 1 is 1.03 bits per heavy atom. The van der Waals surface area contributed by atoms with Crippen molar-refractivity contribution >= 4 is 11.7 Å². The van der Waals surface area contributed by atoms with Crippen LogP contribution in [0.1, 0.15) is 28.7 Å². The second-order valence-electron chi connectivity index (χ2n) is 7.83. The summed E-state index contributed by atoms with van der Waals surface area (Å²) in [5.41, 5.74) is 3.99. The molecule has 0 aliphatic carbocycles. The highest BCUT2D eigenvalue weighted by Gasteiger charge is 2.43. The van der Waals surface area contributed by atoms with Crippen LogP contribution < -0.4 is 10.1 Å². The molecule has 1 aliphatic heterocycles. The van der Waals surface area contributed by atoms with Crippen LogP contribution in [-0.2, 0) is 11.4 Å². The molecule has 5 heteroatoms. The van der Waals surface area contributed by atoms with Gasteiger partial charge in [0, 0.05) is 17.6 Å².